The van der Waals surface area contributed by atoms with E-state index in [-0.39, 0.29) is 17.0 Å². The molecule has 0 atom stereocenters. The molecule has 1 aliphatic heterocycles. The van der Waals surface area contributed by atoms with Crippen molar-refractivity contribution in [2.75, 3.05) is 27.2 Å². The molecule has 1 aromatic rings. The highest BCUT2D eigenvalue weighted by atomic mass is 32.2. The SMILES string of the molecule is CN(C)C(=O)N1CCc2ccc(S(=O)(=O)NC(=O)NC3CCCCCC3)cc2CC1. The standard InChI is InChI=1S/C21H32N4O4S/c1-24(2)21(27)25-13-11-16-9-10-19(15-17(16)12-14-25)30(28,29)23-20(26)22-18-7-5-3-4-6-8-18/h9-10,15,18H,3-8,11-14H2,1-2H3,(H2,22,23,26). The predicted octanol–water partition coefficient (Wildman–Crippen LogP) is 2.48. The molecule has 0 aromatic heterocycles. The van der Waals surface area contributed by atoms with Gasteiger partial charge in [0, 0.05) is 33.2 Å². The molecule has 9 heteroatoms. The van der Waals surface area contributed by atoms with Gasteiger partial charge in [0.25, 0.3) is 10.0 Å². The number of sulfonamides is 1. The van der Waals surface area contributed by atoms with Gasteiger partial charge in [-0.05, 0) is 48.9 Å². The quantitative estimate of drug-likeness (QED) is 0.711. The van der Waals surface area contributed by atoms with Crippen molar-refractivity contribution < 1.29 is 18.0 Å². The number of urea groups is 2. The third kappa shape index (κ3) is 5.65. The number of amides is 4. The van der Waals surface area contributed by atoms with Crippen molar-refractivity contribution in [3.8, 4) is 0 Å². The predicted molar refractivity (Wildman–Crippen MR) is 115 cm³/mol. The van der Waals surface area contributed by atoms with Crippen LogP contribution in [0.4, 0.5) is 9.59 Å². The Labute approximate surface area is 179 Å². The van der Waals surface area contributed by atoms with Crippen molar-refractivity contribution in [1.29, 1.82) is 0 Å². The number of nitrogens with zero attached hydrogens (tertiary/aromatic N) is 2. The lowest BCUT2D eigenvalue weighted by Crippen LogP contribution is -2.44. The summed E-state index contributed by atoms with van der Waals surface area (Å²) in [6.07, 6.45) is 7.43. The van der Waals surface area contributed by atoms with Gasteiger partial charge in [-0.3, -0.25) is 0 Å². The number of carbonyl (C=O) groups is 2. The molecule has 4 amide bonds. The summed E-state index contributed by atoms with van der Waals surface area (Å²) in [6.45, 7) is 1.13. The van der Waals surface area contributed by atoms with Crippen LogP contribution in [0, 0.1) is 0 Å². The molecule has 1 aromatic carbocycles. The van der Waals surface area contributed by atoms with Crippen molar-refractivity contribution in [1.82, 2.24) is 19.8 Å². The zero-order valence-corrected chi connectivity index (χ0v) is 18.6. The highest BCUT2D eigenvalue weighted by Crippen LogP contribution is 2.21. The summed E-state index contributed by atoms with van der Waals surface area (Å²) in [4.78, 5) is 27.9. The smallest absolute Gasteiger partial charge is 0.328 e. The second-order valence-electron chi connectivity index (χ2n) is 8.36. The number of rotatable bonds is 3. The summed E-state index contributed by atoms with van der Waals surface area (Å²) >= 11 is 0. The van der Waals surface area contributed by atoms with E-state index in [1.807, 2.05) is 0 Å². The van der Waals surface area contributed by atoms with Gasteiger partial charge in [0.05, 0.1) is 4.90 Å². The van der Waals surface area contributed by atoms with Crippen molar-refractivity contribution in [3.63, 3.8) is 0 Å². The molecule has 0 saturated heterocycles. The lowest BCUT2D eigenvalue weighted by atomic mass is 10.0. The van der Waals surface area contributed by atoms with Crippen LogP contribution >= 0.6 is 0 Å². The van der Waals surface area contributed by atoms with Crippen molar-refractivity contribution in [3.05, 3.63) is 29.3 Å². The molecule has 30 heavy (non-hydrogen) atoms. The van der Waals surface area contributed by atoms with Crippen LogP contribution in [0.25, 0.3) is 0 Å². The minimum absolute atomic E-state index is 0.0231. The maximum Gasteiger partial charge on any atom is 0.328 e. The Morgan fingerprint density at radius 2 is 1.63 bits per heavy atom. The van der Waals surface area contributed by atoms with E-state index in [9.17, 15) is 18.0 Å². The Balaban J connectivity index is 1.66. The van der Waals surface area contributed by atoms with Crippen LogP contribution in [0.15, 0.2) is 23.1 Å². The van der Waals surface area contributed by atoms with E-state index in [2.05, 4.69) is 10.0 Å². The molecule has 1 saturated carbocycles. The first-order valence-corrected chi connectivity index (χ1v) is 12.2. The Morgan fingerprint density at radius 3 is 2.27 bits per heavy atom. The van der Waals surface area contributed by atoms with Crippen LogP contribution in [0.2, 0.25) is 0 Å². The maximum atomic E-state index is 12.7. The van der Waals surface area contributed by atoms with Gasteiger partial charge in [-0.2, -0.15) is 0 Å². The number of carbonyl (C=O) groups excluding carboxylic acids is 2. The summed E-state index contributed by atoms with van der Waals surface area (Å²) in [5, 5.41) is 2.81. The van der Waals surface area contributed by atoms with Gasteiger partial charge >= 0.3 is 12.1 Å². The Bertz CT molecular complexity index is 877. The van der Waals surface area contributed by atoms with Crippen LogP contribution in [0.3, 0.4) is 0 Å². The lowest BCUT2D eigenvalue weighted by molar-refractivity contribution is 0.173. The Hall–Kier alpha value is -2.29. The maximum absolute atomic E-state index is 12.7. The molecule has 166 valence electrons. The first-order chi connectivity index (χ1) is 14.3. The van der Waals surface area contributed by atoms with E-state index in [0.29, 0.717) is 25.9 Å². The number of benzene rings is 1. The van der Waals surface area contributed by atoms with E-state index in [1.165, 1.54) is 6.07 Å². The van der Waals surface area contributed by atoms with Crippen molar-refractivity contribution in [2.45, 2.75) is 62.3 Å². The first kappa shape index (κ1) is 22.4. The molecule has 0 unspecified atom stereocenters. The molecule has 3 rings (SSSR count). The number of nitrogens with one attached hydrogen (secondary N) is 2. The topological polar surface area (TPSA) is 98.8 Å². The van der Waals surface area contributed by atoms with E-state index < -0.39 is 16.1 Å². The van der Waals surface area contributed by atoms with Crippen LogP contribution in [-0.2, 0) is 22.9 Å². The second-order valence-corrected chi connectivity index (χ2v) is 10.0. The molecule has 2 aliphatic rings. The van der Waals surface area contributed by atoms with Gasteiger partial charge in [-0.15, -0.1) is 0 Å². The van der Waals surface area contributed by atoms with Crippen LogP contribution in [0.1, 0.15) is 49.7 Å². The average Bonchev–Trinajstić information content (AvgIpc) is 3.07. The third-order valence-electron chi connectivity index (χ3n) is 5.86. The molecule has 0 spiro atoms. The number of hydrogen-bond acceptors (Lipinski definition) is 4. The third-order valence-corrected chi connectivity index (χ3v) is 7.19. The highest BCUT2D eigenvalue weighted by Gasteiger charge is 2.24. The molecule has 0 radical (unpaired) electrons. The molecular weight excluding hydrogens is 404 g/mol. The fraction of sp³-hybridized carbons (Fsp3) is 0.619. The monoisotopic (exact) mass is 436 g/mol. The fourth-order valence-electron chi connectivity index (χ4n) is 4.16. The average molecular weight is 437 g/mol. The van der Waals surface area contributed by atoms with Gasteiger partial charge < -0.3 is 15.1 Å². The van der Waals surface area contributed by atoms with Gasteiger partial charge in [0.2, 0.25) is 0 Å². The van der Waals surface area contributed by atoms with Crippen molar-refractivity contribution in [2.24, 2.45) is 0 Å². The minimum Gasteiger partial charge on any atom is -0.335 e. The highest BCUT2D eigenvalue weighted by molar-refractivity contribution is 7.90. The summed E-state index contributed by atoms with van der Waals surface area (Å²) in [5.41, 5.74) is 1.93. The molecule has 2 N–H and O–H groups in total. The number of hydrogen-bond donors (Lipinski definition) is 2. The molecular formula is C21H32N4O4S. The largest absolute Gasteiger partial charge is 0.335 e. The van der Waals surface area contributed by atoms with Crippen LogP contribution < -0.4 is 10.0 Å². The van der Waals surface area contributed by atoms with E-state index in [0.717, 1.165) is 49.7 Å². The van der Waals surface area contributed by atoms with Crippen molar-refractivity contribution >= 4 is 22.1 Å². The Kier molecular flexibility index (Phi) is 7.23. The van der Waals surface area contributed by atoms with Gasteiger partial charge in [-0.25, -0.2) is 22.7 Å². The molecule has 1 heterocycles. The minimum atomic E-state index is -3.96. The van der Waals surface area contributed by atoms with Crippen LogP contribution in [0.5, 0.6) is 0 Å². The van der Waals surface area contributed by atoms with E-state index in [1.54, 1.807) is 36.0 Å². The van der Waals surface area contributed by atoms with E-state index >= 15 is 0 Å². The molecule has 0 bridgehead atoms. The Morgan fingerprint density at radius 1 is 1.00 bits per heavy atom. The first-order valence-electron chi connectivity index (χ1n) is 10.7. The summed E-state index contributed by atoms with van der Waals surface area (Å²) < 4.78 is 27.6. The lowest BCUT2D eigenvalue weighted by Gasteiger charge is -2.24. The second kappa shape index (κ2) is 9.68. The summed E-state index contributed by atoms with van der Waals surface area (Å²) in [7, 11) is -0.521. The van der Waals surface area contributed by atoms with Gasteiger partial charge in [0.1, 0.15) is 0 Å². The number of fused-ring (bicyclic) bond motifs is 1. The normalized spacial score (nSPS) is 18.0. The molecule has 1 fully saturated rings. The molecule has 8 nitrogen and oxygen atoms in total. The fourth-order valence-corrected chi connectivity index (χ4v) is 5.13. The zero-order valence-electron chi connectivity index (χ0n) is 17.8. The van der Waals surface area contributed by atoms with Crippen LogP contribution in [-0.4, -0.2) is 63.5 Å². The molecule has 1 aliphatic carbocycles. The summed E-state index contributed by atoms with van der Waals surface area (Å²) in [6, 6.07) is 4.25. The summed E-state index contributed by atoms with van der Waals surface area (Å²) in [5.74, 6) is 0. The van der Waals surface area contributed by atoms with Gasteiger partial charge in [-0.1, -0.05) is 31.7 Å². The van der Waals surface area contributed by atoms with E-state index in [4.69, 9.17) is 0 Å². The van der Waals surface area contributed by atoms with Gasteiger partial charge in [0.15, 0.2) is 0 Å². The zero-order chi connectivity index (χ0) is 21.7.